The van der Waals surface area contributed by atoms with Gasteiger partial charge < -0.3 is 15.7 Å². The molecule has 0 aliphatic heterocycles. The highest BCUT2D eigenvalue weighted by Gasteiger charge is 2.28. The maximum Gasteiger partial charge on any atom is 0.253 e. The van der Waals surface area contributed by atoms with E-state index in [9.17, 15) is 9.90 Å². The summed E-state index contributed by atoms with van der Waals surface area (Å²) in [5.74, 6) is 0.194. The minimum atomic E-state index is -0.0227. The largest absolute Gasteiger partial charge is 0.508 e. The molecule has 2 atom stereocenters. The van der Waals surface area contributed by atoms with E-state index in [0.29, 0.717) is 11.1 Å². The van der Waals surface area contributed by atoms with Crippen molar-refractivity contribution in [3.8, 4) is 5.75 Å². The van der Waals surface area contributed by atoms with Crippen molar-refractivity contribution < 1.29 is 9.90 Å². The summed E-state index contributed by atoms with van der Waals surface area (Å²) in [5, 5.41) is 9.51. The normalized spacial score (nSPS) is 23.1. The standard InChI is InChI=1S/C15H22N2O2/c1-10-9-11(7-8-14(10)18)15(19)17(2)13-6-4-3-5-12(13)16/h7-9,12-13,18H,3-6,16H2,1-2H3. The van der Waals surface area contributed by atoms with Crippen molar-refractivity contribution in [3.63, 3.8) is 0 Å². The fourth-order valence-corrected chi connectivity index (χ4v) is 2.76. The smallest absolute Gasteiger partial charge is 0.253 e. The summed E-state index contributed by atoms with van der Waals surface area (Å²) in [4.78, 5) is 14.2. The minimum absolute atomic E-state index is 0.0227. The number of phenolic OH excluding ortho intramolecular Hbond substituents is 1. The number of carbonyl (C=O) groups excluding carboxylic acids is 1. The van der Waals surface area contributed by atoms with E-state index in [-0.39, 0.29) is 23.7 Å². The molecule has 1 aliphatic carbocycles. The van der Waals surface area contributed by atoms with Crippen LogP contribution in [0.1, 0.15) is 41.6 Å². The number of nitrogens with two attached hydrogens (primary N) is 1. The van der Waals surface area contributed by atoms with Crippen LogP contribution in [0.15, 0.2) is 18.2 Å². The van der Waals surface area contributed by atoms with Gasteiger partial charge in [0.15, 0.2) is 0 Å². The molecule has 0 saturated heterocycles. The molecule has 19 heavy (non-hydrogen) atoms. The van der Waals surface area contributed by atoms with Crippen LogP contribution in [0.4, 0.5) is 0 Å². The maximum atomic E-state index is 12.4. The molecule has 0 heterocycles. The van der Waals surface area contributed by atoms with Gasteiger partial charge in [-0.1, -0.05) is 12.8 Å². The summed E-state index contributed by atoms with van der Waals surface area (Å²) in [6.07, 6.45) is 4.24. The zero-order chi connectivity index (χ0) is 14.0. The molecule has 1 fully saturated rings. The molecule has 1 saturated carbocycles. The molecule has 0 aromatic heterocycles. The summed E-state index contributed by atoms with van der Waals surface area (Å²) >= 11 is 0. The third-order valence-electron chi connectivity index (χ3n) is 4.04. The van der Waals surface area contributed by atoms with Gasteiger partial charge in [-0.05, 0) is 43.5 Å². The van der Waals surface area contributed by atoms with Gasteiger partial charge in [-0.3, -0.25) is 4.79 Å². The van der Waals surface area contributed by atoms with E-state index in [2.05, 4.69) is 0 Å². The number of carbonyl (C=O) groups is 1. The second-order valence-corrected chi connectivity index (χ2v) is 5.43. The Morgan fingerprint density at radius 1 is 1.37 bits per heavy atom. The highest BCUT2D eigenvalue weighted by molar-refractivity contribution is 5.94. The van der Waals surface area contributed by atoms with Crippen LogP contribution in [-0.2, 0) is 0 Å². The van der Waals surface area contributed by atoms with E-state index >= 15 is 0 Å². The number of phenols is 1. The summed E-state index contributed by atoms with van der Waals surface area (Å²) in [6.45, 7) is 1.79. The average molecular weight is 262 g/mol. The van der Waals surface area contributed by atoms with Crippen molar-refractivity contribution in [2.24, 2.45) is 5.73 Å². The lowest BCUT2D eigenvalue weighted by atomic mass is 9.89. The molecule has 4 heteroatoms. The molecule has 4 nitrogen and oxygen atoms in total. The molecule has 2 unspecified atom stereocenters. The number of aryl methyl sites for hydroxylation is 1. The third-order valence-corrected chi connectivity index (χ3v) is 4.04. The zero-order valence-electron chi connectivity index (χ0n) is 11.6. The molecule has 1 amide bonds. The lowest BCUT2D eigenvalue weighted by Gasteiger charge is -2.36. The molecule has 1 aromatic rings. The highest BCUT2D eigenvalue weighted by atomic mass is 16.3. The van der Waals surface area contributed by atoms with Crippen LogP contribution in [0, 0.1) is 6.92 Å². The Balaban J connectivity index is 2.15. The summed E-state index contributed by atoms with van der Waals surface area (Å²) in [5.41, 5.74) is 7.44. The van der Waals surface area contributed by atoms with E-state index in [4.69, 9.17) is 5.73 Å². The van der Waals surface area contributed by atoms with Crippen LogP contribution >= 0.6 is 0 Å². The molecule has 0 bridgehead atoms. The molecule has 3 N–H and O–H groups in total. The molecular weight excluding hydrogens is 240 g/mol. The molecule has 2 rings (SSSR count). The Morgan fingerprint density at radius 2 is 2.05 bits per heavy atom. The maximum absolute atomic E-state index is 12.4. The number of hydrogen-bond acceptors (Lipinski definition) is 3. The van der Waals surface area contributed by atoms with Gasteiger partial charge in [-0.2, -0.15) is 0 Å². The average Bonchev–Trinajstić information content (AvgIpc) is 2.41. The first-order valence-corrected chi connectivity index (χ1v) is 6.83. The van der Waals surface area contributed by atoms with Crippen molar-refractivity contribution in [1.29, 1.82) is 0 Å². The van der Waals surface area contributed by atoms with Crippen LogP contribution in [0.3, 0.4) is 0 Å². The van der Waals surface area contributed by atoms with Crippen LogP contribution in [-0.4, -0.2) is 35.0 Å². The predicted octanol–water partition coefficient (Wildman–Crippen LogP) is 2.04. The van der Waals surface area contributed by atoms with Gasteiger partial charge in [0, 0.05) is 24.7 Å². The van der Waals surface area contributed by atoms with E-state index in [1.54, 1.807) is 30.0 Å². The molecule has 1 aromatic carbocycles. The number of amides is 1. The number of hydrogen-bond donors (Lipinski definition) is 2. The first-order valence-electron chi connectivity index (χ1n) is 6.83. The molecule has 0 spiro atoms. The first-order chi connectivity index (χ1) is 9.00. The molecule has 1 aliphatic rings. The Morgan fingerprint density at radius 3 is 2.68 bits per heavy atom. The van der Waals surface area contributed by atoms with Crippen LogP contribution < -0.4 is 5.73 Å². The summed E-state index contributed by atoms with van der Waals surface area (Å²) in [7, 11) is 1.82. The van der Waals surface area contributed by atoms with E-state index in [0.717, 1.165) is 25.7 Å². The number of likely N-dealkylation sites (N-methyl/N-ethyl adjacent to an activating group) is 1. The zero-order valence-corrected chi connectivity index (χ0v) is 11.6. The second-order valence-electron chi connectivity index (χ2n) is 5.43. The summed E-state index contributed by atoms with van der Waals surface area (Å²) in [6, 6.07) is 5.14. The lowest BCUT2D eigenvalue weighted by molar-refractivity contribution is 0.0672. The first kappa shape index (κ1) is 13.9. The van der Waals surface area contributed by atoms with Gasteiger partial charge in [-0.15, -0.1) is 0 Å². The predicted molar refractivity (Wildman–Crippen MR) is 75.2 cm³/mol. The van der Waals surface area contributed by atoms with Crippen LogP contribution in [0.5, 0.6) is 5.75 Å². The quantitative estimate of drug-likeness (QED) is 0.857. The van der Waals surface area contributed by atoms with Crippen molar-refractivity contribution in [1.82, 2.24) is 4.90 Å². The van der Waals surface area contributed by atoms with Gasteiger partial charge in [-0.25, -0.2) is 0 Å². The van der Waals surface area contributed by atoms with Crippen molar-refractivity contribution in [3.05, 3.63) is 29.3 Å². The lowest BCUT2D eigenvalue weighted by Crippen LogP contribution is -2.50. The number of benzene rings is 1. The van der Waals surface area contributed by atoms with Gasteiger partial charge in [0.25, 0.3) is 5.91 Å². The fourth-order valence-electron chi connectivity index (χ4n) is 2.76. The minimum Gasteiger partial charge on any atom is -0.508 e. The van der Waals surface area contributed by atoms with Gasteiger partial charge in [0.05, 0.1) is 0 Å². The van der Waals surface area contributed by atoms with Gasteiger partial charge >= 0.3 is 0 Å². The van der Waals surface area contributed by atoms with E-state index < -0.39 is 0 Å². The monoisotopic (exact) mass is 262 g/mol. The highest BCUT2D eigenvalue weighted by Crippen LogP contribution is 2.23. The Hall–Kier alpha value is -1.55. The fraction of sp³-hybridized carbons (Fsp3) is 0.533. The molecule has 0 radical (unpaired) electrons. The Kier molecular flexibility index (Phi) is 4.10. The Labute approximate surface area is 114 Å². The third kappa shape index (κ3) is 2.89. The van der Waals surface area contributed by atoms with Gasteiger partial charge in [0.2, 0.25) is 0 Å². The SMILES string of the molecule is Cc1cc(C(=O)N(C)C2CCCCC2N)ccc1O. The van der Waals surface area contributed by atoms with E-state index in [1.165, 1.54) is 0 Å². The molecule has 104 valence electrons. The van der Waals surface area contributed by atoms with Crippen molar-refractivity contribution in [2.45, 2.75) is 44.7 Å². The second kappa shape index (κ2) is 5.61. The van der Waals surface area contributed by atoms with Crippen molar-refractivity contribution in [2.75, 3.05) is 7.05 Å². The summed E-state index contributed by atoms with van der Waals surface area (Å²) < 4.78 is 0. The van der Waals surface area contributed by atoms with Gasteiger partial charge in [0.1, 0.15) is 5.75 Å². The molecular formula is C15H22N2O2. The number of rotatable bonds is 2. The number of aromatic hydroxyl groups is 1. The Bertz CT molecular complexity index is 473. The van der Waals surface area contributed by atoms with Crippen LogP contribution in [0.25, 0.3) is 0 Å². The van der Waals surface area contributed by atoms with Crippen LogP contribution in [0.2, 0.25) is 0 Å². The van der Waals surface area contributed by atoms with E-state index in [1.807, 2.05) is 7.05 Å². The number of nitrogens with zero attached hydrogens (tertiary/aromatic N) is 1. The topological polar surface area (TPSA) is 66.6 Å². The van der Waals surface area contributed by atoms with Crippen molar-refractivity contribution >= 4 is 5.91 Å².